The lowest BCUT2D eigenvalue weighted by Crippen LogP contribution is -2.15. The van der Waals surface area contributed by atoms with Gasteiger partial charge in [0.15, 0.2) is 0 Å². The van der Waals surface area contributed by atoms with Crippen molar-refractivity contribution in [3.8, 4) is 5.75 Å². The number of hydrogen-bond donors (Lipinski definition) is 5. The standard InChI is InChI=1S/C24H26N4O3/c1-12-7-17(8-13(2)21(12)25)27-23(30)16-5-6-19(20(29)11-16)24(31)28-18-9-14(3)22(26)15(4)10-18/h5-11,29H,25-26H2,1-4H3,(H,27,30)(H,28,31). The Kier molecular flexibility index (Phi) is 5.88. The first kappa shape index (κ1) is 21.7. The summed E-state index contributed by atoms with van der Waals surface area (Å²) in [6, 6.07) is 11.2. The van der Waals surface area contributed by atoms with E-state index in [1.807, 2.05) is 27.7 Å². The first-order valence-corrected chi connectivity index (χ1v) is 9.76. The predicted octanol–water partition coefficient (Wildman–Crippen LogP) is 4.29. The molecule has 7 N–H and O–H groups in total. The van der Waals surface area contributed by atoms with Crippen LogP contribution in [0.15, 0.2) is 42.5 Å². The van der Waals surface area contributed by atoms with Crippen molar-refractivity contribution in [2.24, 2.45) is 0 Å². The van der Waals surface area contributed by atoms with Gasteiger partial charge in [-0.3, -0.25) is 9.59 Å². The second-order valence-corrected chi connectivity index (χ2v) is 7.69. The second-order valence-electron chi connectivity index (χ2n) is 7.69. The van der Waals surface area contributed by atoms with Crippen molar-refractivity contribution in [2.75, 3.05) is 22.1 Å². The zero-order valence-electron chi connectivity index (χ0n) is 18.0. The van der Waals surface area contributed by atoms with E-state index in [9.17, 15) is 14.7 Å². The molecule has 2 amide bonds. The van der Waals surface area contributed by atoms with Crippen LogP contribution in [0.5, 0.6) is 5.75 Å². The van der Waals surface area contributed by atoms with Gasteiger partial charge in [-0.15, -0.1) is 0 Å². The Labute approximate surface area is 181 Å². The summed E-state index contributed by atoms with van der Waals surface area (Å²) < 4.78 is 0. The molecule has 0 fully saturated rings. The molecule has 3 aromatic carbocycles. The molecule has 160 valence electrons. The van der Waals surface area contributed by atoms with Crippen LogP contribution in [-0.2, 0) is 0 Å². The number of phenols is 1. The largest absolute Gasteiger partial charge is 0.507 e. The summed E-state index contributed by atoms with van der Waals surface area (Å²) in [4.78, 5) is 25.2. The number of nitrogens with two attached hydrogens (primary N) is 2. The molecular formula is C24H26N4O3. The highest BCUT2D eigenvalue weighted by molar-refractivity contribution is 6.09. The molecule has 7 nitrogen and oxygen atoms in total. The quantitative estimate of drug-likeness (QED) is 0.403. The Morgan fingerprint density at radius 3 is 1.55 bits per heavy atom. The van der Waals surface area contributed by atoms with Crippen LogP contribution in [0.25, 0.3) is 0 Å². The Hall–Kier alpha value is -4.00. The predicted molar refractivity (Wildman–Crippen MR) is 125 cm³/mol. The van der Waals surface area contributed by atoms with Crippen LogP contribution >= 0.6 is 0 Å². The summed E-state index contributed by atoms with van der Waals surface area (Å²) in [6.45, 7) is 7.43. The first-order valence-electron chi connectivity index (χ1n) is 9.76. The Morgan fingerprint density at radius 1 is 0.710 bits per heavy atom. The smallest absolute Gasteiger partial charge is 0.259 e. The van der Waals surface area contributed by atoms with Crippen molar-refractivity contribution in [2.45, 2.75) is 27.7 Å². The molecule has 0 aromatic heterocycles. The van der Waals surface area contributed by atoms with E-state index >= 15 is 0 Å². The number of aryl methyl sites for hydroxylation is 4. The number of phenolic OH excluding ortho intramolecular Hbond substituents is 1. The van der Waals surface area contributed by atoms with Crippen LogP contribution in [0.2, 0.25) is 0 Å². The van der Waals surface area contributed by atoms with Gasteiger partial charge in [-0.2, -0.15) is 0 Å². The molecule has 0 aliphatic heterocycles. The number of aromatic hydroxyl groups is 1. The van der Waals surface area contributed by atoms with Gasteiger partial charge in [0, 0.05) is 28.3 Å². The van der Waals surface area contributed by atoms with Gasteiger partial charge in [-0.05, 0) is 92.4 Å². The summed E-state index contributed by atoms with van der Waals surface area (Å²) in [5, 5.41) is 15.9. The third-order valence-electron chi connectivity index (χ3n) is 5.21. The minimum Gasteiger partial charge on any atom is -0.507 e. The number of hydrogen-bond acceptors (Lipinski definition) is 5. The van der Waals surface area contributed by atoms with Gasteiger partial charge in [0.25, 0.3) is 11.8 Å². The lowest BCUT2D eigenvalue weighted by Gasteiger charge is -2.12. The molecule has 3 rings (SSSR count). The average molecular weight is 418 g/mol. The maximum absolute atomic E-state index is 12.6. The van der Waals surface area contributed by atoms with Crippen molar-refractivity contribution >= 4 is 34.6 Å². The summed E-state index contributed by atoms with van der Waals surface area (Å²) >= 11 is 0. The number of rotatable bonds is 4. The summed E-state index contributed by atoms with van der Waals surface area (Å²) in [5.41, 5.74) is 18.1. The van der Waals surface area contributed by atoms with Gasteiger partial charge in [0.1, 0.15) is 5.75 Å². The van der Waals surface area contributed by atoms with Crippen molar-refractivity contribution in [1.82, 2.24) is 0 Å². The van der Waals surface area contributed by atoms with Crippen molar-refractivity contribution in [3.05, 3.63) is 75.8 Å². The number of amides is 2. The lowest BCUT2D eigenvalue weighted by atomic mass is 10.1. The molecule has 0 radical (unpaired) electrons. The van der Waals surface area contributed by atoms with Crippen molar-refractivity contribution < 1.29 is 14.7 Å². The highest BCUT2D eigenvalue weighted by atomic mass is 16.3. The van der Waals surface area contributed by atoms with E-state index in [2.05, 4.69) is 10.6 Å². The first-order chi connectivity index (χ1) is 14.6. The summed E-state index contributed by atoms with van der Waals surface area (Å²) in [5.74, 6) is -1.19. The van der Waals surface area contributed by atoms with Crippen LogP contribution < -0.4 is 22.1 Å². The monoisotopic (exact) mass is 418 g/mol. The number of nitrogen functional groups attached to an aromatic ring is 2. The molecule has 0 saturated carbocycles. The molecule has 0 saturated heterocycles. The lowest BCUT2D eigenvalue weighted by molar-refractivity contribution is 0.101. The zero-order chi connectivity index (χ0) is 22.9. The molecule has 0 bridgehead atoms. The topological polar surface area (TPSA) is 130 Å². The molecule has 0 spiro atoms. The van der Waals surface area contributed by atoms with Crippen LogP contribution in [0, 0.1) is 27.7 Å². The molecule has 7 heteroatoms. The van der Waals surface area contributed by atoms with E-state index in [0.29, 0.717) is 22.7 Å². The van der Waals surface area contributed by atoms with E-state index in [4.69, 9.17) is 11.5 Å². The molecule has 0 aliphatic carbocycles. The number of nitrogens with one attached hydrogen (secondary N) is 2. The van der Waals surface area contributed by atoms with Crippen LogP contribution in [0.4, 0.5) is 22.7 Å². The minimum atomic E-state index is -0.488. The van der Waals surface area contributed by atoms with Crippen LogP contribution in [-0.4, -0.2) is 16.9 Å². The van der Waals surface area contributed by atoms with E-state index in [1.165, 1.54) is 18.2 Å². The molecule has 0 atom stereocenters. The molecule has 0 unspecified atom stereocenters. The second kappa shape index (κ2) is 8.39. The fourth-order valence-electron chi connectivity index (χ4n) is 3.36. The zero-order valence-corrected chi connectivity index (χ0v) is 18.0. The number of carbonyl (C=O) groups excluding carboxylic acids is 2. The number of carbonyl (C=O) groups is 2. The Bertz CT molecular complexity index is 1160. The third-order valence-corrected chi connectivity index (χ3v) is 5.21. The molecule has 0 heterocycles. The van der Waals surface area contributed by atoms with Gasteiger partial charge in [0.05, 0.1) is 5.56 Å². The van der Waals surface area contributed by atoms with E-state index in [-0.39, 0.29) is 16.9 Å². The van der Waals surface area contributed by atoms with Gasteiger partial charge in [-0.1, -0.05) is 0 Å². The Morgan fingerprint density at radius 2 is 1.13 bits per heavy atom. The molecule has 31 heavy (non-hydrogen) atoms. The number of anilines is 4. The van der Waals surface area contributed by atoms with Crippen LogP contribution in [0.1, 0.15) is 43.0 Å². The number of benzene rings is 3. The minimum absolute atomic E-state index is 0.0582. The van der Waals surface area contributed by atoms with E-state index in [1.54, 1.807) is 24.3 Å². The third kappa shape index (κ3) is 4.61. The van der Waals surface area contributed by atoms with Crippen molar-refractivity contribution in [1.29, 1.82) is 0 Å². The summed E-state index contributed by atoms with van der Waals surface area (Å²) in [7, 11) is 0. The SMILES string of the molecule is Cc1cc(NC(=O)c2ccc(C(=O)Nc3cc(C)c(N)c(C)c3)c(O)c2)cc(C)c1N. The van der Waals surface area contributed by atoms with E-state index < -0.39 is 11.8 Å². The molecular weight excluding hydrogens is 392 g/mol. The van der Waals surface area contributed by atoms with Gasteiger partial charge >= 0.3 is 0 Å². The summed E-state index contributed by atoms with van der Waals surface area (Å²) in [6.07, 6.45) is 0. The van der Waals surface area contributed by atoms with E-state index in [0.717, 1.165) is 22.3 Å². The fourth-order valence-corrected chi connectivity index (χ4v) is 3.36. The van der Waals surface area contributed by atoms with Crippen LogP contribution in [0.3, 0.4) is 0 Å². The molecule has 0 aliphatic rings. The highest BCUT2D eigenvalue weighted by Crippen LogP contribution is 2.26. The maximum atomic E-state index is 12.6. The van der Waals surface area contributed by atoms with Gasteiger partial charge < -0.3 is 27.2 Å². The normalized spacial score (nSPS) is 10.6. The molecule has 3 aromatic rings. The van der Waals surface area contributed by atoms with Gasteiger partial charge in [-0.25, -0.2) is 0 Å². The maximum Gasteiger partial charge on any atom is 0.259 e. The highest BCUT2D eigenvalue weighted by Gasteiger charge is 2.16. The average Bonchev–Trinajstić information content (AvgIpc) is 2.69. The van der Waals surface area contributed by atoms with Gasteiger partial charge in [0.2, 0.25) is 0 Å². The Balaban J connectivity index is 1.78. The van der Waals surface area contributed by atoms with Crippen molar-refractivity contribution in [3.63, 3.8) is 0 Å². The fraction of sp³-hybridized carbons (Fsp3) is 0.167.